The molecular weight excluding hydrogens is 384 g/mol. The molecule has 0 aliphatic heterocycles. The first-order chi connectivity index (χ1) is 13.2. The predicted molar refractivity (Wildman–Crippen MR) is 107 cm³/mol. The molecule has 1 aromatic heterocycles. The zero-order valence-corrected chi connectivity index (χ0v) is 17.2. The lowest BCUT2D eigenvalue weighted by Crippen LogP contribution is -2.29. The van der Waals surface area contributed by atoms with E-state index in [0.29, 0.717) is 22.9 Å². The molecule has 0 aliphatic rings. The number of aliphatic carboxylic acids is 1. The number of nitrogens with zero attached hydrogens (tertiary/aromatic N) is 1. The fraction of sp³-hybridized carbons (Fsp3) is 0.350. The largest absolute Gasteiger partial charge is 0.480 e. The van der Waals surface area contributed by atoms with Gasteiger partial charge in [0.05, 0.1) is 12.8 Å². The molecule has 0 bridgehead atoms. The number of hydrogen-bond acceptors (Lipinski definition) is 6. The molecule has 2 aromatic rings. The normalized spacial score (nSPS) is 11.6. The highest BCUT2D eigenvalue weighted by atomic mass is 35.5. The van der Waals surface area contributed by atoms with Gasteiger partial charge in [0.1, 0.15) is 17.4 Å². The van der Waals surface area contributed by atoms with E-state index in [1.165, 1.54) is 7.11 Å². The Morgan fingerprint density at radius 2 is 1.82 bits per heavy atom. The Hall–Kier alpha value is -2.80. The van der Waals surface area contributed by atoms with Crippen molar-refractivity contribution >= 4 is 29.2 Å². The summed E-state index contributed by atoms with van der Waals surface area (Å²) >= 11 is 6.07. The fourth-order valence-corrected chi connectivity index (χ4v) is 3.14. The van der Waals surface area contributed by atoms with E-state index < -0.39 is 18.0 Å². The first kappa shape index (κ1) is 21.5. The molecule has 0 fully saturated rings. The first-order valence-electron chi connectivity index (χ1n) is 8.71. The number of rotatable bonds is 7. The van der Waals surface area contributed by atoms with Crippen LogP contribution < -0.4 is 10.1 Å². The number of carboxylic acid groups (broad SMARTS) is 1. The van der Waals surface area contributed by atoms with Crippen LogP contribution in [0.4, 0.5) is 5.69 Å². The second kappa shape index (κ2) is 8.93. The fourth-order valence-electron chi connectivity index (χ4n) is 2.81. The Kier molecular flexibility index (Phi) is 6.85. The van der Waals surface area contributed by atoms with Crippen molar-refractivity contribution in [2.75, 3.05) is 12.4 Å². The lowest BCUT2D eigenvalue weighted by molar-refractivity contribution is -0.137. The van der Waals surface area contributed by atoms with Crippen LogP contribution in [-0.2, 0) is 9.53 Å². The number of nitrogens with one attached hydrogen (secondary N) is 1. The number of carbonyl (C=O) groups excluding carboxylic acids is 1. The number of halogens is 1. The Bertz CT molecular complexity index is 891. The van der Waals surface area contributed by atoms with E-state index in [0.717, 1.165) is 11.1 Å². The number of esters is 1. The number of anilines is 1. The van der Waals surface area contributed by atoms with E-state index in [1.807, 2.05) is 13.8 Å². The average molecular weight is 407 g/mol. The topological polar surface area (TPSA) is 97.8 Å². The summed E-state index contributed by atoms with van der Waals surface area (Å²) in [4.78, 5) is 28.2. The van der Waals surface area contributed by atoms with E-state index in [4.69, 9.17) is 21.1 Å². The van der Waals surface area contributed by atoms with Gasteiger partial charge in [-0.25, -0.2) is 14.6 Å². The molecule has 0 radical (unpaired) electrons. The molecule has 0 spiro atoms. The summed E-state index contributed by atoms with van der Waals surface area (Å²) in [5.74, 6) is -1.17. The van der Waals surface area contributed by atoms with Gasteiger partial charge in [-0.05, 0) is 56.5 Å². The lowest BCUT2D eigenvalue weighted by atomic mass is 10.1. The minimum absolute atomic E-state index is 0.0292. The van der Waals surface area contributed by atoms with Crippen molar-refractivity contribution in [1.82, 2.24) is 4.98 Å². The monoisotopic (exact) mass is 406 g/mol. The Labute approximate surface area is 168 Å². The summed E-state index contributed by atoms with van der Waals surface area (Å²) in [6.45, 7) is 7.12. The van der Waals surface area contributed by atoms with Gasteiger partial charge < -0.3 is 19.9 Å². The molecular formula is C20H23ClN2O5. The van der Waals surface area contributed by atoms with Gasteiger partial charge in [-0.1, -0.05) is 18.5 Å². The zero-order valence-electron chi connectivity index (χ0n) is 16.4. The summed E-state index contributed by atoms with van der Waals surface area (Å²) in [5, 5.41) is 12.8. The maximum atomic E-state index is 12.5. The van der Waals surface area contributed by atoms with Crippen molar-refractivity contribution in [2.24, 2.45) is 0 Å². The van der Waals surface area contributed by atoms with Crippen LogP contribution in [0.15, 0.2) is 18.2 Å². The third-order valence-electron chi connectivity index (χ3n) is 4.16. The summed E-state index contributed by atoms with van der Waals surface area (Å²) in [7, 11) is 1.24. The smallest absolute Gasteiger partial charge is 0.345 e. The number of carboxylic acids is 1. The molecule has 7 nitrogen and oxygen atoms in total. The number of pyridine rings is 1. The van der Waals surface area contributed by atoms with Crippen molar-refractivity contribution in [2.45, 2.75) is 40.2 Å². The Balaban J connectivity index is 2.61. The van der Waals surface area contributed by atoms with Crippen molar-refractivity contribution in [3.8, 4) is 11.6 Å². The van der Waals surface area contributed by atoms with Gasteiger partial charge in [-0.2, -0.15) is 0 Å². The number of benzene rings is 1. The highest BCUT2D eigenvalue weighted by molar-refractivity contribution is 6.30. The summed E-state index contributed by atoms with van der Waals surface area (Å²) in [6, 6.07) is 4.20. The van der Waals surface area contributed by atoms with Gasteiger partial charge in [0.2, 0.25) is 5.88 Å². The number of carbonyl (C=O) groups is 2. The minimum Gasteiger partial charge on any atom is -0.480 e. The van der Waals surface area contributed by atoms with Gasteiger partial charge >= 0.3 is 11.9 Å². The van der Waals surface area contributed by atoms with Crippen molar-refractivity contribution in [3.05, 3.63) is 45.6 Å². The highest BCUT2D eigenvalue weighted by Gasteiger charge is 2.25. The summed E-state index contributed by atoms with van der Waals surface area (Å²) < 4.78 is 10.9. The standard InChI is InChI=1S/C20H23ClN2O5/c1-6-14(19(24)25)23-15-9-12(4)22-18(16(15)20(26)27-5)28-17-10(2)7-13(21)8-11(17)3/h7-9,14H,6H2,1-5H3,(H,22,23)(H,24,25). The van der Waals surface area contributed by atoms with Gasteiger partial charge in [-0.3, -0.25) is 0 Å². The zero-order chi connectivity index (χ0) is 21.0. The number of ether oxygens (including phenoxy) is 2. The number of methoxy groups -OCH3 is 1. The number of aromatic nitrogens is 1. The van der Waals surface area contributed by atoms with Gasteiger partial charge in [0.15, 0.2) is 0 Å². The van der Waals surface area contributed by atoms with E-state index in [2.05, 4.69) is 10.3 Å². The van der Waals surface area contributed by atoms with Crippen LogP contribution in [0.5, 0.6) is 11.6 Å². The SMILES string of the molecule is CCC(Nc1cc(C)nc(Oc2c(C)cc(Cl)cc2C)c1C(=O)OC)C(=O)O. The molecule has 0 saturated carbocycles. The van der Waals surface area contributed by atoms with Crippen molar-refractivity contribution < 1.29 is 24.2 Å². The summed E-state index contributed by atoms with van der Waals surface area (Å²) in [5.41, 5.74) is 2.41. The maximum Gasteiger partial charge on any atom is 0.345 e. The molecule has 0 aliphatic carbocycles. The lowest BCUT2D eigenvalue weighted by Gasteiger charge is -2.20. The van der Waals surface area contributed by atoms with Gasteiger partial charge in [0, 0.05) is 10.7 Å². The van der Waals surface area contributed by atoms with Crippen molar-refractivity contribution in [3.63, 3.8) is 0 Å². The highest BCUT2D eigenvalue weighted by Crippen LogP contribution is 2.35. The van der Waals surface area contributed by atoms with Crippen LogP contribution in [0.2, 0.25) is 5.02 Å². The molecule has 150 valence electrons. The van der Waals surface area contributed by atoms with Crippen molar-refractivity contribution in [1.29, 1.82) is 0 Å². The van der Waals surface area contributed by atoms with E-state index in [-0.39, 0.29) is 17.1 Å². The van der Waals surface area contributed by atoms with Crippen LogP contribution in [0.25, 0.3) is 0 Å². The molecule has 2 N–H and O–H groups in total. The Morgan fingerprint density at radius 1 is 1.21 bits per heavy atom. The third-order valence-corrected chi connectivity index (χ3v) is 4.38. The van der Waals surface area contributed by atoms with Gasteiger partial charge in [-0.15, -0.1) is 0 Å². The molecule has 8 heteroatoms. The van der Waals surface area contributed by atoms with E-state index in [1.54, 1.807) is 32.0 Å². The molecule has 0 saturated heterocycles. The first-order valence-corrected chi connectivity index (χ1v) is 9.09. The number of hydrogen-bond donors (Lipinski definition) is 2. The quantitative estimate of drug-likeness (QED) is 0.652. The molecule has 1 atom stereocenters. The van der Waals surface area contributed by atoms with Crippen LogP contribution in [0, 0.1) is 20.8 Å². The molecule has 0 amide bonds. The Morgan fingerprint density at radius 3 is 2.32 bits per heavy atom. The predicted octanol–water partition coefficient (Wildman–Crippen LogP) is 4.51. The second-order valence-electron chi connectivity index (χ2n) is 6.40. The van der Waals surface area contributed by atoms with E-state index in [9.17, 15) is 14.7 Å². The van der Waals surface area contributed by atoms with Crippen LogP contribution >= 0.6 is 11.6 Å². The molecule has 1 heterocycles. The second-order valence-corrected chi connectivity index (χ2v) is 6.83. The minimum atomic E-state index is -1.03. The van der Waals surface area contributed by atoms with Crippen LogP contribution in [0.3, 0.4) is 0 Å². The molecule has 1 aromatic carbocycles. The van der Waals surface area contributed by atoms with Crippen LogP contribution in [0.1, 0.15) is 40.5 Å². The third kappa shape index (κ3) is 4.72. The molecule has 1 unspecified atom stereocenters. The number of aryl methyl sites for hydroxylation is 3. The van der Waals surface area contributed by atoms with Crippen LogP contribution in [-0.4, -0.2) is 35.2 Å². The summed E-state index contributed by atoms with van der Waals surface area (Å²) in [6.07, 6.45) is 0.322. The van der Waals surface area contributed by atoms with Gasteiger partial charge in [0.25, 0.3) is 0 Å². The molecule has 2 rings (SSSR count). The molecule has 28 heavy (non-hydrogen) atoms. The maximum absolute atomic E-state index is 12.5. The average Bonchev–Trinajstić information content (AvgIpc) is 2.61. The van der Waals surface area contributed by atoms with E-state index >= 15 is 0 Å².